The molecule has 0 saturated carbocycles. The second-order valence-electron chi connectivity index (χ2n) is 4.36. The highest BCUT2D eigenvalue weighted by Gasteiger charge is 2.08. The fraction of sp³-hybridized carbons (Fsp3) is 0.125. The van der Waals surface area contributed by atoms with Gasteiger partial charge in [0, 0.05) is 16.8 Å². The lowest BCUT2D eigenvalue weighted by atomic mass is 10.1. The van der Waals surface area contributed by atoms with Crippen LogP contribution in [0.2, 0.25) is 0 Å². The summed E-state index contributed by atoms with van der Waals surface area (Å²) in [6, 6.07) is 13.3. The predicted octanol–water partition coefficient (Wildman–Crippen LogP) is 2.44. The van der Waals surface area contributed by atoms with Crippen molar-refractivity contribution in [2.75, 3.05) is 11.9 Å². The summed E-state index contributed by atoms with van der Waals surface area (Å²) in [7, 11) is 0. The summed E-state index contributed by atoms with van der Waals surface area (Å²) in [6.07, 6.45) is 0. The van der Waals surface area contributed by atoms with Crippen molar-refractivity contribution in [3.8, 4) is 5.75 Å². The number of ether oxygens (including phenoxy) is 1. The number of anilines is 1. The molecule has 2 aromatic carbocycles. The van der Waals surface area contributed by atoms with Crippen LogP contribution in [-0.4, -0.2) is 18.4 Å². The van der Waals surface area contributed by atoms with E-state index in [-0.39, 0.29) is 5.91 Å². The number of primary amides is 1. The first-order chi connectivity index (χ1) is 10.1. The van der Waals surface area contributed by atoms with Gasteiger partial charge in [-0.15, -0.1) is 0 Å². The molecule has 0 heterocycles. The molecule has 2 aromatic rings. The Morgan fingerprint density at radius 1 is 1.10 bits per heavy atom. The summed E-state index contributed by atoms with van der Waals surface area (Å²) in [6.45, 7) is 2.42. The zero-order valence-corrected chi connectivity index (χ0v) is 11.6. The van der Waals surface area contributed by atoms with Crippen LogP contribution in [0.1, 0.15) is 27.6 Å². The number of carbonyl (C=O) groups excluding carboxylic acids is 2. The first-order valence-corrected chi connectivity index (χ1v) is 6.54. The van der Waals surface area contributed by atoms with E-state index in [9.17, 15) is 9.59 Å². The second-order valence-corrected chi connectivity index (χ2v) is 4.36. The van der Waals surface area contributed by atoms with Gasteiger partial charge in [-0.2, -0.15) is 0 Å². The Kier molecular flexibility index (Phi) is 4.56. The summed E-state index contributed by atoms with van der Waals surface area (Å²) < 4.78 is 5.36. The lowest BCUT2D eigenvalue weighted by molar-refractivity contribution is 0.0998. The zero-order valence-electron chi connectivity index (χ0n) is 11.6. The molecule has 3 N–H and O–H groups in total. The molecular weight excluding hydrogens is 268 g/mol. The minimum absolute atomic E-state index is 0.247. The number of amides is 2. The fourth-order valence-electron chi connectivity index (χ4n) is 1.81. The molecule has 0 saturated heterocycles. The van der Waals surface area contributed by atoms with Crippen LogP contribution in [0.4, 0.5) is 5.69 Å². The number of hydrogen-bond acceptors (Lipinski definition) is 3. The number of carbonyl (C=O) groups is 2. The highest BCUT2D eigenvalue weighted by Crippen LogP contribution is 2.16. The molecule has 0 unspecified atom stereocenters. The molecule has 0 spiro atoms. The van der Waals surface area contributed by atoms with Gasteiger partial charge in [0.25, 0.3) is 5.91 Å². The summed E-state index contributed by atoms with van der Waals surface area (Å²) in [5, 5.41) is 2.75. The maximum absolute atomic E-state index is 12.1. The molecule has 0 aliphatic carbocycles. The Labute approximate surface area is 122 Å². The molecule has 108 valence electrons. The van der Waals surface area contributed by atoms with Crippen molar-refractivity contribution >= 4 is 17.5 Å². The van der Waals surface area contributed by atoms with Crippen LogP contribution in [0.15, 0.2) is 48.5 Å². The average molecular weight is 284 g/mol. The minimum Gasteiger partial charge on any atom is -0.494 e. The molecule has 0 bridgehead atoms. The van der Waals surface area contributed by atoms with Crippen LogP contribution >= 0.6 is 0 Å². The minimum atomic E-state index is -0.503. The van der Waals surface area contributed by atoms with E-state index in [4.69, 9.17) is 10.5 Å². The van der Waals surface area contributed by atoms with E-state index in [2.05, 4.69) is 5.32 Å². The number of nitrogens with one attached hydrogen (secondary N) is 1. The fourth-order valence-corrected chi connectivity index (χ4v) is 1.81. The van der Waals surface area contributed by atoms with E-state index in [0.717, 1.165) is 0 Å². The van der Waals surface area contributed by atoms with Crippen molar-refractivity contribution in [1.82, 2.24) is 0 Å². The number of nitrogens with two attached hydrogens (primary N) is 1. The molecule has 0 radical (unpaired) electrons. The molecule has 0 aliphatic rings. The average Bonchev–Trinajstić information content (AvgIpc) is 2.48. The van der Waals surface area contributed by atoms with Gasteiger partial charge >= 0.3 is 0 Å². The van der Waals surface area contributed by atoms with Crippen molar-refractivity contribution in [2.24, 2.45) is 5.73 Å². The second kappa shape index (κ2) is 6.56. The molecule has 0 aliphatic heterocycles. The van der Waals surface area contributed by atoms with Crippen molar-refractivity contribution < 1.29 is 14.3 Å². The van der Waals surface area contributed by atoms with Crippen LogP contribution in [0.25, 0.3) is 0 Å². The Morgan fingerprint density at radius 3 is 2.43 bits per heavy atom. The highest BCUT2D eigenvalue weighted by molar-refractivity contribution is 6.04. The van der Waals surface area contributed by atoms with Gasteiger partial charge in [-0.1, -0.05) is 6.07 Å². The largest absolute Gasteiger partial charge is 0.494 e. The van der Waals surface area contributed by atoms with Gasteiger partial charge in [-0.05, 0) is 49.4 Å². The van der Waals surface area contributed by atoms with Gasteiger partial charge in [0.1, 0.15) is 5.75 Å². The maximum Gasteiger partial charge on any atom is 0.255 e. The third-order valence-electron chi connectivity index (χ3n) is 2.83. The van der Waals surface area contributed by atoms with Gasteiger partial charge in [-0.3, -0.25) is 9.59 Å². The molecule has 5 nitrogen and oxygen atoms in total. The Bertz CT molecular complexity index is 651. The van der Waals surface area contributed by atoms with Gasteiger partial charge in [0.05, 0.1) is 6.61 Å². The van der Waals surface area contributed by atoms with Gasteiger partial charge < -0.3 is 15.8 Å². The number of rotatable bonds is 5. The Hall–Kier alpha value is -2.82. The lowest BCUT2D eigenvalue weighted by Gasteiger charge is -2.08. The highest BCUT2D eigenvalue weighted by atomic mass is 16.5. The van der Waals surface area contributed by atoms with Crippen molar-refractivity contribution in [1.29, 1.82) is 0 Å². The van der Waals surface area contributed by atoms with Crippen molar-refractivity contribution in [2.45, 2.75) is 6.92 Å². The van der Waals surface area contributed by atoms with Crippen LogP contribution in [-0.2, 0) is 0 Å². The van der Waals surface area contributed by atoms with E-state index in [0.29, 0.717) is 29.2 Å². The molecule has 0 fully saturated rings. The molecule has 0 atom stereocenters. The third-order valence-corrected chi connectivity index (χ3v) is 2.83. The molecule has 0 aromatic heterocycles. The third kappa shape index (κ3) is 3.82. The Balaban J connectivity index is 2.10. The smallest absolute Gasteiger partial charge is 0.255 e. The van der Waals surface area contributed by atoms with E-state index < -0.39 is 5.91 Å². The summed E-state index contributed by atoms with van der Waals surface area (Å²) >= 11 is 0. The van der Waals surface area contributed by atoms with E-state index in [1.807, 2.05) is 6.92 Å². The number of benzene rings is 2. The molecule has 5 heteroatoms. The maximum atomic E-state index is 12.1. The van der Waals surface area contributed by atoms with Crippen LogP contribution in [0, 0.1) is 0 Å². The molecule has 21 heavy (non-hydrogen) atoms. The summed E-state index contributed by atoms with van der Waals surface area (Å²) in [5.74, 6) is -0.102. The topological polar surface area (TPSA) is 81.4 Å². The molecular formula is C16H16N2O3. The van der Waals surface area contributed by atoms with Gasteiger partial charge in [-0.25, -0.2) is 0 Å². The van der Waals surface area contributed by atoms with Crippen LogP contribution in [0.5, 0.6) is 5.75 Å². The molecule has 2 rings (SSSR count). The van der Waals surface area contributed by atoms with Crippen LogP contribution in [0.3, 0.4) is 0 Å². The number of hydrogen-bond donors (Lipinski definition) is 2. The van der Waals surface area contributed by atoms with Gasteiger partial charge in [0.2, 0.25) is 5.91 Å². The SMILES string of the molecule is CCOc1cccc(C(=O)Nc2ccc(C(N)=O)cc2)c1. The predicted molar refractivity (Wildman–Crippen MR) is 80.5 cm³/mol. The molecule has 2 amide bonds. The van der Waals surface area contributed by atoms with Crippen molar-refractivity contribution in [3.05, 3.63) is 59.7 Å². The lowest BCUT2D eigenvalue weighted by Crippen LogP contribution is -2.13. The normalized spacial score (nSPS) is 9.95. The standard InChI is InChI=1S/C16H16N2O3/c1-2-21-14-5-3-4-12(10-14)16(20)18-13-8-6-11(7-9-13)15(17)19/h3-10H,2H2,1H3,(H2,17,19)(H,18,20). The van der Waals surface area contributed by atoms with Gasteiger partial charge in [0.15, 0.2) is 0 Å². The van der Waals surface area contributed by atoms with E-state index in [1.165, 1.54) is 0 Å². The van der Waals surface area contributed by atoms with E-state index >= 15 is 0 Å². The monoisotopic (exact) mass is 284 g/mol. The van der Waals surface area contributed by atoms with E-state index in [1.54, 1.807) is 48.5 Å². The zero-order chi connectivity index (χ0) is 15.2. The van der Waals surface area contributed by atoms with Crippen molar-refractivity contribution in [3.63, 3.8) is 0 Å². The Morgan fingerprint density at radius 2 is 1.81 bits per heavy atom. The summed E-state index contributed by atoms with van der Waals surface area (Å²) in [4.78, 5) is 23.1. The quantitative estimate of drug-likeness (QED) is 0.884. The first kappa shape index (κ1) is 14.6. The summed E-state index contributed by atoms with van der Waals surface area (Å²) in [5.41, 5.74) is 6.65. The van der Waals surface area contributed by atoms with Crippen LogP contribution < -0.4 is 15.8 Å². The first-order valence-electron chi connectivity index (χ1n) is 6.54.